The maximum atomic E-state index is 11.8. The van der Waals surface area contributed by atoms with Crippen molar-refractivity contribution in [2.75, 3.05) is 5.32 Å². The summed E-state index contributed by atoms with van der Waals surface area (Å²) < 4.78 is 5.18. The minimum Gasteiger partial charge on any atom is -0.444 e. The molecule has 1 aromatic heterocycles. The van der Waals surface area contributed by atoms with E-state index in [-0.39, 0.29) is 5.78 Å². The molecule has 0 aliphatic rings. The molecule has 5 heteroatoms. The molecular weight excluding hydrogens is 268 g/mol. The van der Waals surface area contributed by atoms with Crippen LogP contribution in [0.3, 0.4) is 0 Å². The number of anilines is 1. The molecule has 110 valence electrons. The highest BCUT2D eigenvalue weighted by atomic mass is 16.6. The van der Waals surface area contributed by atoms with Gasteiger partial charge in [0.1, 0.15) is 11.4 Å². The monoisotopic (exact) mass is 286 g/mol. The van der Waals surface area contributed by atoms with Crippen LogP contribution in [0.15, 0.2) is 30.3 Å². The zero-order chi connectivity index (χ0) is 15.6. The standard InChI is InChI=1S/C16H18N2O3/c1-10(19)12-9-14(18-15(20)21-16(2,3)4)17-13-8-6-5-7-11(12)13/h5-9H,1-4H3,(H,17,18,20). The molecule has 1 N–H and O–H groups in total. The highest BCUT2D eigenvalue weighted by Crippen LogP contribution is 2.21. The molecule has 0 bridgehead atoms. The first-order valence-corrected chi connectivity index (χ1v) is 6.67. The first-order chi connectivity index (χ1) is 9.76. The summed E-state index contributed by atoms with van der Waals surface area (Å²) in [5.41, 5.74) is 0.576. The van der Waals surface area contributed by atoms with Crippen molar-refractivity contribution in [3.8, 4) is 0 Å². The maximum Gasteiger partial charge on any atom is 0.413 e. The number of benzene rings is 1. The molecule has 0 spiro atoms. The van der Waals surface area contributed by atoms with E-state index in [1.165, 1.54) is 6.92 Å². The quantitative estimate of drug-likeness (QED) is 0.853. The van der Waals surface area contributed by atoms with Crippen molar-refractivity contribution < 1.29 is 14.3 Å². The molecule has 1 aromatic carbocycles. The van der Waals surface area contributed by atoms with Crippen molar-refractivity contribution in [2.24, 2.45) is 0 Å². The van der Waals surface area contributed by atoms with Gasteiger partial charge in [-0.15, -0.1) is 0 Å². The van der Waals surface area contributed by atoms with Gasteiger partial charge in [0, 0.05) is 10.9 Å². The third-order valence-corrected chi connectivity index (χ3v) is 2.72. The molecule has 1 amide bonds. The fourth-order valence-corrected chi connectivity index (χ4v) is 1.94. The van der Waals surface area contributed by atoms with Crippen LogP contribution in [-0.4, -0.2) is 22.5 Å². The summed E-state index contributed by atoms with van der Waals surface area (Å²) in [7, 11) is 0. The van der Waals surface area contributed by atoms with Crippen molar-refractivity contribution >= 4 is 28.6 Å². The predicted octanol–water partition coefficient (Wildman–Crippen LogP) is 3.78. The van der Waals surface area contributed by atoms with Crippen LogP contribution >= 0.6 is 0 Å². The van der Waals surface area contributed by atoms with E-state index >= 15 is 0 Å². The molecule has 0 unspecified atom stereocenters. The summed E-state index contributed by atoms with van der Waals surface area (Å²) >= 11 is 0. The normalized spacial score (nSPS) is 11.2. The third kappa shape index (κ3) is 3.78. The molecule has 1 heterocycles. The average Bonchev–Trinajstić information content (AvgIpc) is 2.35. The second kappa shape index (κ2) is 5.52. The zero-order valence-corrected chi connectivity index (χ0v) is 12.6. The summed E-state index contributed by atoms with van der Waals surface area (Å²) in [6.45, 7) is 6.82. The van der Waals surface area contributed by atoms with Gasteiger partial charge in [0.25, 0.3) is 0 Å². The lowest BCUT2D eigenvalue weighted by atomic mass is 10.1. The van der Waals surface area contributed by atoms with E-state index in [9.17, 15) is 9.59 Å². The summed E-state index contributed by atoms with van der Waals surface area (Å²) in [5, 5.41) is 3.33. The number of ether oxygens (including phenoxy) is 1. The molecule has 0 aliphatic carbocycles. The van der Waals surface area contributed by atoms with Crippen LogP contribution in [-0.2, 0) is 4.74 Å². The fourth-order valence-electron chi connectivity index (χ4n) is 1.94. The van der Waals surface area contributed by atoms with Crippen molar-refractivity contribution in [1.29, 1.82) is 0 Å². The minimum absolute atomic E-state index is 0.0826. The number of hydrogen-bond donors (Lipinski definition) is 1. The number of para-hydroxylation sites is 1. The number of ketones is 1. The van der Waals surface area contributed by atoms with E-state index in [0.717, 1.165) is 5.39 Å². The second-order valence-corrected chi connectivity index (χ2v) is 5.76. The number of aromatic nitrogens is 1. The third-order valence-electron chi connectivity index (χ3n) is 2.72. The lowest BCUT2D eigenvalue weighted by Crippen LogP contribution is -2.27. The van der Waals surface area contributed by atoms with Crippen LogP contribution < -0.4 is 5.32 Å². The number of hydrogen-bond acceptors (Lipinski definition) is 4. The lowest BCUT2D eigenvalue weighted by Gasteiger charge is -2.19. The highest BCUT2D eigenvalue weighted by molar-refractivity contribution is 6.07. The van der Waals surface area contributed by atoms with Crippen molar-refractivity contribution in [1.82, 2.24) is 4.98 Å². The number of carbonyl (C=O) groups is 2. The number of pyridine rings is 1. The van der Waals surface area contributed by atoms with E-state index in [2.05, 4.69) is 10.3 Å². The Morgan fingerprint density at radius 3 is 2.48 bits per heavy atom. The Morgan fingerprint density at radius 1 is 1.19 bits per heavy atom. The van der Waals surface area contributed by atoms with Crippen molar-refractivity contribution in [3.63, 3.8) is 0 Å². The minimum atomic E-state index is -0.597. The van der Waals surface area contributed by atoms with E-state index in [1.807, 2.05) is 18.2 Å². The van der Waals surface area contributed by atoms with Gasteiger partial charge >= 0.3 is 6.09 Å². The van der Waals surface area contributed by atoms with Gasteiger partial charge in [-0.1, -0.05) is 18.2 Å². The topological polar surface area (TPSA) is 68.3 Å². The predicted molar refractivity (Wildman–Crippen MR) is 81.6 cm³/mol. The van der Waals surface area contributed by atoms with Gasteiger partial charge in [0.15, 0.2) is 5.78 Å². The van der Waals surface area contributed by atoms with E-state index in [0.29, 0.717) is 16.9 Å². The van der Waals surface area contributed by atoms with Gasteiger partial charge in [-0.3, -0.25) is 10.1 Å². The van der Waals surface area contributed by atoms with Crippen molar-refractivity contribution in [3.05, 3.63) is 35.9 Å². The zero-order valence-electron chi connectivity index (χ0n) is 12.6. The largest absolute Gasteiger partial charge is 0.444 e. The van der Waals surface area contributed by atoms with Crippen LogP contribution in [0, 0.1) is 0 Å². The molecule has 2 rings (SSSR count). The Labute approximate surface area is 123 Å². The maximum absolute atomic E-state index is 11.8. The van der Waals surface area contributed by atoms with E-state index < -0.39 is 11.7 Å². The van der Waals surface area contributed by atoms with Crippen LogP contribution in [0.4, 0.5) is 10.6 Å². The van der Waals surface area contributed by atoms with Crippen molar-refractivity contribution in [2.45, 2.75) is 33.3 Å². The number of amides is 1. The van der Waals surface area contributed by atoms with Gasteiger partial charge < -0.3 is 4.74 Å². The fraction of sp³-hybridized carbons (Fsp3) is 0.312. The van der Waals surface area contributed by atoms with E-state index in [1.54, 1.807) is 32.9 Å². The number of fused-ring (bicyclic) bond motifs is 1. The molecule has 0 saturated carbocycles. The van der Waals surface area contributed by atoms with Gasteiger partial charge in [-0.25, -0.2) is 9.78 Å². The number of nitrogens with zero attached hydrogens (tertiary/aromatic N) is 1. The molecule has 21 heavy (non-hydrogen) atoms. The van der Waals surface area contributed by atoms with Crippen LogP contribution in [0.2, 0.25) is 0 Å². The molecule has 0 fully saturated rings. The number of carbonyl (C=O) groups excluding carboxylic acids is 2. The average molecular weight is 286 g/mol. The molecule has 0 radical (unpaired) electrons. The SMILES string of the molecule is CC(=O)c1cc(NC(=O)OC(C)(C)C)nc2ccccc12. The Hall–Kier alpha value is -2.43. The van der Waals surface area contributed by atoms with Crippen LogP contribution in [0.5, 0.6) is 0 Å². The Kier molecular flexibility index (Phi) is 3.93. The Balaban J connectivity index is 2.37. The molecule has 0 atom stereocenters. The van der Waals surface area contributed by atoms with E-state index in [4.69, 9.17) is 4.74 Å². The molecular formula is C16H18N2O3. The van der Waals surface area contributed by atoms with Crippen LogP contribution in [0.25, 0.3) is 10.9 Å². The summed E-state index contributed by atoms with van der Waals surface area (Å²) in [4.78, 5) is 27.9. The van der Waals surface area contributed by atoms with Gasteiger partial charge in [-0.05, 0) is 39.8 Å². The second-order valence-electron chi connectivity index (χ2n) is 5.76. The Morgan fingerprint density at radius 2 is 1.86 bits per heavy atom. The highest BCUT2D eigenvalue weighted by Gasteiger charge is 2.17. The lowest BCUT2D eigenvalue weighted by molar-refractivity contribution is 0.0635. The number of rotatable bonds is 2. The molecule has 2 aromatic rings. The summed E-state index contributed by atoms with van der Waals surface area (Å²) in [6.07, 6.45) is -0.597. The van der Waals surface area contributed by atoms with Gasteiger partial charge in [0.2, 0.25) is 0 Å². The van der Waals surface area contributed by atoms with Crippen LogP contribution in [0.1, 0.15) is 38.1 Å². The molecule has 5 nitrogen and oxygen atoms in total. The first kappa shape index (κ1) is 15.0. The number of nitrogens with one attached hydrogen (secondary N) is 1. The molecule has 0 saturated heterocycles. The smallest absolute Gasteiger partial charge is 0.413 e. The first-order valence-electron chi connectivity index (χ1n) is 6.67. The summed E-state index contributed by atoms with van der Waals surface area (Å²) in [5.74, 6) is 0.217. The summed E-state index contributed by atoms with van der Waals surface area (Å²) in [6, 6.07) is 8.86. The molecule has 0 aliphatic heterocycles. The van der Waals surface area contributed by atoms with Gasteiger partial charge in [0.05, 0.1) is 5.52 Å². The van der Waals surface area contributed by atoms with Gasteiger partial charge in [-0.2, -0.15) is 0 Å². The Bertz CT molecular complexity index is 702. The number of Topliss-reactive ketones (excluding diaryl/α,β-unsaturated/α-hetero) is 1.